The van der Waals surface area contributed by atoms with E-state index in [9.17, 15) is 18.4 Å². The lowest BCUT2D eigenvalue weighted by molar-refractivity contribution is 0.102. The largest absolute Gasteiger partial charge is 0.301 e. The van der Waals surface area contributed by atoms with Crippen molar-refractivity contribution in [2.45, 2.75) is 5.16 Å². The minimum atomic E-state index is -1.07. The van der Waals surface area contributed by atoms with Crippen LogP contribution in [0.25, 0.3) is 0 Å². The number of nitrogens with zero attached hydrogens (tertiary/aromatic N) is 1. The number of carbonyl (C=O) groups excluding carboxylic acids is 1. The molecule has 0 radical (unpaired) electrons. The van der Waals surface area contributed by atoms with Crippen LogP contribution in [0.4, 0.5) is 8.78 Å². The zero-order valence-corrected chi connectivity index (χ0v) is 10.3. The fraction of sp³-hybridized carbons (Fsp3) is 0.0833. The molecule has 1 aromatic heterocycles. The predicted octanol–water partition coefficient (Wildman–Crippen LogP) is 2.02. The van der Waals surface area contributed by atoms with E-state index in [4.69, 9.17) is 0 Å². The second-order valence-corrected chi connectivity index (χ2v) is 4.54. The number of hydrogen-bond acceptors (Lipinski definition) is 4. The summed E-state index contributed by atoms with van der Waals surface area (Å²) in [6.45, 7) is 0. The lowest BCUT2D eigenvalue weighted by Gasteiger charge is -2.01. The second kappa shape index (κ2) is 5.75. The Balaban J connectivity index is 2.05. The molecule has 1 N–H and O–H groups in total. The van der Waals surface area contributed by atoms with Gasteiger partial charge >= 0.3 is 0 Å². The van der Waals surface area contributed by atoms with Crippen molar-refractivity contribution in [3.05, 3.63) is 58.0 Å². The summed E-state index contributed by atoms with van der Waals surface area (Å²) in [7, 11) is 0. The fourth-order valence-corrected chi connectivity index (χ4v) is 2.05. The second-order valence-electron chi connectivity index (χ2n) is 3.58. The highest BCUT2D eigenvalue weighted by Crippen LogP contribution is 2.15. The quantitative estimate of drug-likeness (QED) is 0.529. The van der Waals surface area contributed by atoms with Gasteiger partial charge in [-0.3, -0.25) is 9.59 Å². The Bertz CT molecular complexity index is 673. The Morgan fingerprint density at radius 2 is 2.05 bits per heavy atom. The van der Waals surface area contributed by atoms with Crippen LogP contribution in [-0.4, -0.2) is 21.5 Å². The van der Waals surface area contributed by atoms with Gasteiger partial charge in [-0.05, 0) is 18.2 Å². The third-order valence-electron chi connectivity index (χ3n) is 2.23. The van der Waals surface area contributed by atoms with Gasteiger partial charge in [0.2, 0.25) is 0 Å². The molecular weight excluding hydrogens is 274 g/mol. The van der Waals surface area contributed by atoms with Crippen LogP contribution >= 0.6 is 11.8 Å². The van der Waals surface area contributed by atoms with Gasteiger partial charge in [0.1, 0.15) is 0 Å². The summed E-state index contributed by atoms with van der Waals surface area (Å²) in [4.78, 5) is 29.0. The van der Waals surface area contributed by atoms with Crippen molar-refractivity contribution >= 4 is 17.5 Å². The molecule has 0 spiro atoms. The van der Waals surface area contributed by atoms with E-state index in [0.717, 1.165) is 23.9 Å². The molecule has 0 saturated heterocycles. The molecule has 0 fully saturated rings. The maximum atomic E-state index is 13.0. The number of halogens is 2. The highest BCUT2D eigenvalue weighted by Gasteiger charge is 2.10. The van der Waals surface area contributed by atoms with Crippen LogP contribution in [0.1, 0.15) is 10.4 Å². The average Bonchev–Trinajstić information content (AvgIpc) is 2.39. The number of rotatable bonds is 4. The normalized spacial score (nSPS) is 10.4. The predicted molar refractivity (Wildman–Crippen MR) is 66.3 cm³/mol. The summed E-state index contributed by atoms with van der Waals surface area (Å²) >= 11 is 1.02. The molecule has 98 valence electrons. The Hall–Kier alpha value is -2.02. The molecule has 1 aromatic carbocycles. The number of carbonyl (C=O) groups is 1. The van der Waals surface area contributed by atoms with Crippen LogP contribution in [0.2, 0.25) is 0 Å². The molecule has 4 nitrogen and oxygen atoms in total. The number of aromatic amines is 1. The van der Waals surface area contributed by atoms with E-state index >= 15 is 0 Å². The number of benzene rings is 1. The summed E-state index contributed by atoms with van der Waals surface area (Å²) < 4.78 is 25.7. The highest BCUT2D eigenvalue weighted by molar-refractivity contribution is 7.99. The third-order valence-corrected chi connectivity index (χ3v) is 3.12. The zero-order valence-electron chi connectivity index (χ0n) is 9.52. The van der Waals surface area contributed by atoms with Crippen LogP contribution in [-0.2, 0) is 0 Å². The van der Waals surface area contributed by atoms with Gasteiger partial charge in [-0.1, -0.05) is 11.8 Å². The Morgan fingerprint density at radius 1 is 1.26 bits per heavy atom. The molecule has 1 heterocycles. The Kier molecular flexibility index (Phi) is 4.06. The molecule has 0 atom stereocenters. The first-order chi connectivity index (χ1) is 9.06. The van der Waals surface area contributed by atoms with E-state index in [1.165, 1.54) is 18.3 Å². The molecule has 0 saturated carbocycles. The first-order valence-electron chi connectivity index (χ1n) is 5.22. The van der Waals surface area contributed by atoms with Crippen molar-refractivity contribution in [1.29, 1.82) is 0 Å². The number of Topliss-reactive ketones (excluding diaryl/α,β-unsaturated/α-hetero) is 1. The van der Waals surface area contributed by atoms with E-state index in [-0.39, 0.29) is 22.7 Å². The molecule has 19 heavy (non-hydrogen) atoms. The number of aromatic nitrogens is 2. The fourth-order valence-electron chi connectivity index (χ4n) is 1.31. The minimum absolute atomic E-state index is 0.0297. The van der Waals surface area contributed by atoms with E-state index < -0.39 is 11.6 Å². The monoisotopic (exact) mass is 282 g/mol. The molecular formula is C12H8F2N2O2S. The van der Waals surface area contributed by atoms with Gasteiger partial charge in [-0.2, -0.15) is 0 Å². The smallest absolute Gasteiger partial charge is 0.251 e. The van der Waals surface area contributed by atoms with Gasteiger partial charge in [-0.25, -0.2) is 13.8 Å². The Morgan fingerprint density at radius 3 is 2.74 bits per heavy atom. The van der Waals surface area contributed by atoms with Crippen molar-refractivity contribution in [1.82, 2.24) is 9.97 Å². The number of thioether (sulfide) groups is 1. The van der Waals surface area contributed by atoms with E-state index in [2.05, 4.69) is 9.97 Å². The van der Waals surface area contributed by atoms with E-state index in [0.29, 0.717) is 5.16 Å². The standard InChI is InChI=1S/C12H8F2N2O2S/c13-8-2-1-7(5-9(8)14)10(17)6-19-12-15-4-3-11(18)16-12/h1-5H,6H2,(H,15,16,18). The summed E-state index contributed by atoms with van der Waals surface area (Å²) in [5.41, 5.74) is -0.248. The zero-order chi connectivity index (χ0) is 13.8. The molecule has 0 amide bonds. The minimum Gasteiger partial charge on any atom is -0.301 e. The molecule has 0 aliphatic carbocycles. The maximum Gasteiger partial charge on any atom is 0.251 e. The summed E-state index contributed by atoms with van der Waals surface area (Å²) in [5.74, 6) is -2.48. The van der Waals surface area contributed by atoms with Crippen LogP contribution in [0.3, 0.4) is 0 Å². The summed E-state index contributed by atoms with van der Waals surface area (Å²) in [5, 5.41) is 0.295. The van der Waals surface area contributed by atoms with Crippen molar-refractivity contribution in [3.8, 4) is 0 Å². The molecule has 2 aromatic rings. The number of H-pyrrole nitrogens is 1. The molecule has 0 aliphatic rings. The molecule has 0 aliphatic heterocycles. The lowest BCUT2D eigenvalue weighted by atomic mass is 10.1. The third kappa shape index (κ3) is 3.47. The van der Waals surface area contributed by atoms with Crippen molar-refractivity contribution in [2.75, 3.05) is 5.75 Å². The number of nitrogens with one attached hydrogen (secondary N) is 1. The van der Waals surface area contributed by atoms with E-state index in [1.807, 2.05) is 0 Å². The summed E-state index contributed by atoms with van der Waals surface area (Å²) in [6.07, 6.45) is 1.32. The average molecular weight is 282 g/mol. The number of hydrogen-bond donors (Lipinski definition) is 1. The van der Waals surface area contributed by atoms with Crippen molar-refractivity contribution in [2.24, 2.45) is 0 Å². The van der Waals surface area contributed by atoms with Gasteiger partial charge in [-0.15, -0.1) is 0 Å². The van der Waals surface area contributed by atoms with Crippen LogP contribution in [0.5, 0.6) is 0 Å². The van der Waals surface area contributed by atoms with Gasteiger partial charge < -0.3 is 4.98 Å². The summed E-state index contributed by atoms with van der Waals surface area (Å²) in [6, 6.07) is 4.21. The van der Waals surface area contributed by atoms with Gasteiger partial charge in [0.25, 0.3) is 5.56 Å². The first-order valence-corrected chi connectivity index (χ1v) is 6.21. The molecule has 2 rings (SSSR count). The van der Waals surface area contributed by atoms with Crippen LogP contribution in [0, 0.1) is 11.6 Å². The molecule has 0 bridgehead atoms. The molecule has 0 unspecified atom stereocenters. The first kappa shape index (κ1) is 13.4. The van der Waals surface area contributed by atoms with E-state index in [1.54, 1.807) is 0 Å². The van der Waals surface area contributed by atoms with Crippen molar-refractivity contribution < 1.29 is 13.6 Å². The topological polar surface area (TPSA) is 62.8 Å². The van der Waals surface area contributed by atoms with Gasteiger partial charge in [0, 0.05) is 17.8 Å². The highest BCUT2D eigenvalue weighted by atomic mass is 32.2. The maximum absolute atomic E-state index is 13.0. The SMILES string of the molecule is O=C(CSc1nccc(=O)[nH]1)c1ccc(F)c(F)c1. The van der Waals surface area contributed by atoms with Gasteiger partial charge in [0.15, 0.2) is 22.6 Å². The van der Waals surface area contributed by atoms with Crippen LogP contribution in [0.15, 0.2) is 40.4 Å². The number of ketones is 1. The van der Waals surface area contributed by atoms with Crippen LogP contribution < -0.4 is 5.56 Å². The van der Waals surface area contributed by atoms with Crippen molar-refractivity contribution in [3.63, 3.8) is 0 Å². The van der Waals surface area contributed by atoms with Gasteiger partial charge in [0.05, 0.1) is 5.75 Å². The lowest BCUT2D eigenvalue weighted by Crippen LogP contribution is -2.08. The molecule has 7 heteroatoms. The Labute approximate surface area is 110 Å².